The van der Waals surface area contributed by atoms with Crippen LogP contribution in [0, 0.1) is 11.8 Å². The normalized spacial score (nSPS) is 15.7. The second kappa shape index (κ2) is 27.8. The third-order valence-electron chi connectivity index (χ3n) is 9.94. The van der Waals surface area contributed by atoms with Gasteiger partial charge in [0.15, 0.2) is 0 Å². The van der Waals surface area contributed by atoms with E-state index in [1.54, 1.807) is 13.8 Å². The quantitative estimate of drug-likeness (QED) is 0.0604. The second-order valence-corrected chi connectivity index (χ2v) is 15.5. The number of aliphatic carboxylic acids is 1. The Bertz CT molecular complexity index is 1180. The van der Waals surface area contributed by atoms with Gasteiger partial charge in [-0.3, -0.25) is 33.6 Å². The molecule has 14 heteroatoms. The monoisotopic (exact) mass is 765 g/mol. The summed E-state index contributed by atoms with van der Waals surface area (Å²) in [6, 6.07) is -3.70. The molecular formula is C40H72N6O8. The van der Waals surface area contributed by atoms with E-state index in [9.17, 15) is 33.6 Å². The van der Waals surface area contributed by atoms with Crippen LogP contribution in [0.4, 0.5) is 0 Å². The van der Waals surface area contributed by atoms with Gasteiger partial charge in [-0.25, -0.2) is 0 Å². The van der Waals surface area contributed by atoms with Crippen molar-refractivity contribution in [1.82, 2.24) is 31.5 Å². The third-order valence-corrected chi connectivity index (χ3v) is 9.94. The molecule has 0 radical (unpaired) electrons. The highest BCUT2D eigenvalue weighted by Crippen LogP contribution is 2.19. The zero-order valence-electron chi connectivity index (χ0n) is 34.1. The summed E-state index contributed by atoms with van der Waals surface area (Å²) in [4.78, 5) is 89.5. The summed E-state index contributed by atoms with van der Waals surface area (Å²) in [5.41, 5.74) is 0. The van der Waals surface area contributed by atoms with E-state index in [1.807, 2.05) is 13.8 Å². The molecule has 310 valence electrons. The Morgan fingerprint density at radius 3 is 1.59 bits per heavy atom. The molecule has 4 atom stereocenters. The van der Waals surface area contributed by atoms with Gasteiger partial charge in [-0.15, -0.1) is 0 Å². The van der Waals surface area contributed by atoms with Crippen molar-refractivity contribution in [2.75, 3.05) is 19.6 Å². The Morgan fingerprint density at radius 2 is 1.09 bits per heavy atom. The number of hydrogen-bond donors (Lipinski definition) is 6. The maximum Gasteiger partial charge on any atom is 0.322 e. The van der Waals surface area contributed by atoms with Crippen molar-refractivity contribution < 1.29 is 38.7 Å². The van der Waals surface area contributed by atoms with Crippen LogP contribution in [0.2, 0.25) is 0 Å². The Morgan fingerprint density at radius 1 is 0.611 bits per heavy atom. The molecule has 1 saturated heterocycles. The lowest BCUT2D eigenvalue weighted by atomic mass is 10.0. The van der Waals surface area contributed by atoms with Gasteiger partial charge in [0.05, 0.1) is 6.54 Å². The van der Waals surface area contributed by atoms with Crippen molar-refractivity contribution in [1.29, 1.82) is 0 Å². The highest BCUT2D eigenvalue weighted by atomic mass is 16.4. The average molecular weight is 765 g/mol. The van der Waals surface area contributed by atoms with Gasteiger partial charge in [-0.05, 0) is 38.0 Å². The van der Waals surface area contributed by atoms with Gasteiger partial charge in [-0.2, -0.15) is 0 Å². The minimum Gasteiger partial charge on any atom is -0.480 e. The van der Waals surface area contributed by atoms with Crippen LogP contribution in [-0.2, 0) is 33.6 Å². The van der Waals surface area contributed by atoms with Crippen molar-refractivity contribution in [3.8, 4) is 0 Å². The predicted octanol–water partition coefficient (Wildman–Crippen LogP) is 4.34. The van der Waals surface area contributed by atoms with Crippen LogP contribution in [0.3, 0.4) is 0 Å². The van der Waals surface area contributed by atoms with Gasteiger partial charge in [0, 0.05) is 13.0 Å². The molecule has 0 unspecified atom stereocenters. The van der Waals surface area contributed by atoms with Crippen molar-refractivity contribution >= 4 is 41.4 Å². The van der Waals surface area contributed by atoms with E-state index in [0.717, 1.165) is 19.3 Å². The molecule has 1 heterocycles. The molecule has 1 fully saturated rings. The first-order valence-electron chi connectivity index (χ1n) is 20.7. The fourth-order valence-corrected chi connectivity index (χ4v) is 6.67. The highest BCUT2D eigenvalue weighted by Gasteiger charge is 2.37. The van der Waals surface area contributed by atoms with E-state index in [-0.39, 0.29) is 24.3 Å². The van der Waals surface area contributed by atoms with Crippen molar-refractivity contribution in [2.24, 2.45) is 11.8 Å². The van der Waals surface area contributed by atoms with Crippen molar-refractivity contribution in [2.45, 2.75) is 181 Å². The van der Waals surface area contributed by atoms with Crippen molar-refractivity contribution in [3.63, 3.8) is 0 Å². The molecule has 1 aliphatic rings. The van der Waals surface area contributed by atoms with E-state index >= 15 is 0 Å². The molecule has 54 heavy (non-hydrogen) atoms. The predicted molar refractivity (Wildman–Crippen MR) is 209 cm³/mol. The number of nitrogens with zero attached hydrogens (tertiary/aromatic N) is 1. The second-order valence-electron chi connectivity index (χ2n) is 15.5. The lowest BCUT2D eigenvalue weighted by molar-refractivity contribution is -0.142. The standard InChI is InChI=1S/C40H72N6O8/c1-7-8-9-10-11-12-13-14-15-16-17-18-19-20-21-24-32(47)44-35(28(2)3)38(52)41-26-33(48)45-36(29(4)5)39(53)43-30(6)40(54)46-25-22-23-31(46)37(51)42-27-34(49)50/h28-31,35-36H,7-27H2,1-6H3,(H,41,52)(H,42,51)(H,43,53)(H,44,47)(H,45,48)(H,49,50)/t30-,31-,35-,36-/m0/s1. The number of likely N-dealkylation sites (tertiary alicyclic amines) is 1. The summed E-state index contributed by atoms with van der Waals surface area (Å²) in [5, 5.41) is 21.8. The number of nitrogens with one attached hydrogen (secondary N) is 5. The molecule has 1 rings (SSSR count). The van der Waals surface area contributed by atoms with E-state index in [0.29, 0.717) is 19.3 Å². The lowest BCUT2D eigenvalue weighted by Gasteiger charge is -2.29. The summed E-state index contributed by atoms with van der Waals surface area (Å²) in [6.45, 7) is 10.1. The van der Waals surface area contributed by atoms with E-state index < -0.39 is 72.8 Å². The van der Waals surface area contributed by atoms with Gasteiger partial charge >= 0.3 is 5.97 Å². The summed E-state index contributed by atoms with van der Waals surface area (Å²) in [6.07, 6.45) is 19.8. The number of unbranched alkanes of at least 4 members (excludes halogenated alkanes) is 14. The molecule has 0 aromatic heterocycles. The number of amides is 6. The number of hydrogen-bond acceptors (Lipinski definition) is 7. The van der Waals surface area contributed by atoms with Crippen LogP contribution < -0.4 is 26.6 Å². The molecule has 0 aromatic carbocycles. The molecule has 1 aliphatic heterocycles. The SMILES string of the molecule is CCCCCCCCCCCCCCCCCC(=O)N[C@H](C(=O)NCC(=O)N[C@H](C(=O)N[C@@H](C)C(=O)N1CCC[C@H]1C(=O)NCC(=O)O)C(C)C)C(C)C. The maximum absolute atomic E-state index is 13.2. The largest absolute Gasteiger partial charge is 0.480 e. The minimum atomic E-state index is -1.20. The maximum atomic E-state index is 13.2. The fourth-order valence-electron chi connectivity index (χ4n) is 6.67. The highest BCUT2D eigenvalue weighted by molar-refractivity contribution is 5.96. The van der Waals surface area contributed by atoms with Gasteiger partial charge in [-0.1, -0.05) is 125 Å². The van der Waals surface area contributed by atoms with Gasteiger partial charge in [0.25, 0.3) is 0 Å². The summed E-state index contributed by atoms with van der Waals surface area (Å²) in [5.74, 6) is -4.78. The molecule has 0 aliphatic carbocycles. The number of carboxylic acids is 1. The van der Waals surface area contributed by atoms with Gasteiger partial charge in [0.2, 0.25) is 35.4 Å². The first-order chi connectivity index (χ1) is 25.7. The molecular weight excluding hydrogens is 692 g/mol. The Hall–Kier alpha value is -3.71. The van der Waals surface area contributed by atoms with E-state index in [1.165, 1.54) is 88.9 Å². The van der Waals surface area contributed by atoms with Crippen LogP contribution >= 0.6 is 0 Å². The molecule has 0 spiro atoms. The Labute approximate surface area is 323 Å². The zero-order chi connectivity index (χ0) is 40.5. The zero-order valence-corrected chi connectivity index (χ0v) is 34.1. The van der Waals surface area contributed by atoms with Crippen LogP contribution in [0.25, 0.3) is 0 Å². The molecule has 0 saturated carbocycles. The van der Waals surface area contributed by atoms with E-state index in [4.69, 9.17) is 5.11 Å². The average Bonchev–Trinajstić information content (AvgIpc) is 3.62. The van der Waals surface area contributed by atoms with Crippen LogP contribution in [0.1, 0.15) is 157 Å². The number of carboxylic acid groups (broad SMARTS) is 1. The topological polar surface area (TPSA) is 203 Å². The molecule has 0 bridgehead atoms. The summed E-state index contributed by atoms with van der Waals surface area (Å²) >= 11 is 0. The van der Waals surface area contributed by atoms with E-state index in [2.05, 4.69) is 33.5 Å². The summed E-state index contributed by atoms with van der Waals surface area (Å²) in [7, 11) is 0. The van der Waals surface area contributed by atoms with Crippen molar-refractivity contribution in [3.05, 3.63) is 0 Å². The van der Waals surface area contributed by atoms with Crippen LogP contribution in [0.5, 0.6) is 0 Å². The number of carbonyl (C=O) groups is 7. The fraction of sp³-hybridized carbons (Fsp3) is 0.825. The smallest absolute Gasteiger partial charge is 0.322 e. The molecule has 0 aromatic rings. The molecule has 6 N–H and O–H groups in total. The Kier molecular flexibility index (Phi) is 24.9. The summed E-state index contributed by atoms with van der Waals surface area (Å²) < 4.78 is 0. The third kappa shape index (κ3) is 20.1. The number of carbonyl (C=O) groups excluding carboxylic acids is 6. The van der Waals surface area contributed by atoms with Crippen LogP contribution in [0.15, 0.2) is 0 Å². The first-order valence-corrected chi connectivity index (χ1v) is 20.7. The number of rotatable bonds is 29. The molecule has 14 nitrogen and oxygen atoms in total. The first kappa shape index (κ1) is 48.3. The van der Waals surface area contributed by atoms with Gasteiger partial charge < -0.3 is 36.6 Å². The Balaban J connectivity index is 2.42. The minimum absolute atomic E-state index is 0.204. The molecule has 6 amide bonds. The lowest BCUT2D eigenvalue weighted by Crippen LogP contribution is -2.58. The van der Waals surface area contributed by atoms with Crippen LogP contribution in [-0.4, -0.2) is 95.2 Å². The van der Waals surface area contributed by atoms with Gasteiger partial charge in [0.1, 0.15) is 30.7 Å².